The van der Waals surface area contributed by atoms with E-state index in [4.69, 9.17) is 10.8 Å². The number of carboxylic acid groups (broad SMARTS) is 1. The maximum Gasteiger partial charge on any atom is 0.304 e. The third-order valence-corrected chi connectivity index (χ3v) is 2.93. The Morgan fingerprint density at radius 1 is 1.60 bits per heavy atom. The van der Waals surface area contributed by atoms with Gasteiger partial charge in [-0.05, 0) is 18.8 Å². The molecule has 0 aromatic rings. The molecule has 1 rings (SSSR count). The standard InChI is InChI=1S/C11H22N2O2/c1-8(2)5-10(6-11(14)15)13-4-3-9(12)7-13/h8-10H,3-7,12H2,1-2H3,(H,14,15). The molecule has 0 bridgehead atoms. The first-order valence-corrected chi connectivity index (χ1v) is 5.70. The van der Waals surface area contributed by atoms with E-state index in [1.165, 1.54) is 0 Å². The molecule has 1 heterocycles. The van der Waals surface area contributed by atoms with E-state index in [9.17, 15) is 4.79 Å². The summed E-state index contributed by atoms with van der Waals surface area (Å²) in [6.45, 7) is 6.06. The van der Waals surface area contributed by atoms with Gasteiger partial charge in [0.15, 0.2) is 0 Å². The molecule has 88 valence electrons. The van der Waals surface area contributed by atoms with Gasteiger partial charge < -0.3 is 10.8 Å². The Hall–Kier alpha value is -0.610. The van der Waals surface area contributed by atoms with E-state index in [0.717, 1.165) is 25.9 Å². The van der Waals surface area contributed by atoms with Gasteiger partial charge in [0, 0.05) is 25.2 Å². The van der Waals surface area contributed by atoms with Crippen molar-refractivity contribution in [1.29, 1.82) is 0 Å². The van der Waals surface area contributed by atoms with Crippen LogP contribution in [0.15, 0.2) is 0 Å². The minimum Gasteiger partial charge on any atom is -0.481 e. The Bertz CT molecular complexity index is 219. The Morgan fingerprint density at radius 2 is 2.27 bits per heavy atom. The van der Waals surface area contributed by atoms with Gasteiger partial charge in [0.1, 0.15) is 0 Å². The van der Waals surface area contributed by atoms with Crippen LogP contribution in [0, 0.1) is 5.92 Å². The fourth-order valence-electron chi connectivity index (χ4n) is 2.25. The number of nitrogens with zero attached hydrogens (tertiary/aromatic N) is 1. The van der Waals surface area contributed by atoms with Gasteiger partial charge in [0.25, 0.3) is 0 Å². The molecular formula is C11H22N2O2. The van der Waals surface area contributed by atoms with E-state index in [1.807, 2.05) is 0 Å². The molecule has 0 amide bonds. The SMILES string of the molecule is CC(C)CC(CC(=O)O)N1CCC(N)C1. The monoisotopic (exact) mass is 214 g/mol. The van der Waals surface area contributed by atoms with Gasteiger partial charge in [-0.3, -0.25) is 9.69 Å². The van der Waals surface area contributed by atoms with Crippen molar-refractivity contribution >= 4 is 5.97 Å². The molecule has 0 aliphatic carbocycles. The summed E-state index contributed by atoms with van der Waals surface area (Å²) in [6, 6.07) is 0.393. The van der Waals surface area contributed by atoms with Crippen LogP contribution in [0.25, 0.3) is 0 Å². The van der Waals surface area contributed by atoms with Gasteiger partial charge in [-0.2, -0.15) is 0 Å². The van der Waals surface area contributed by atoms with Crippen LogP contribution in [0.2, 0.25) is 0 Å². The summed E-state index contributed by atoms with van der Waals surface area (Å²) < 4.78 is 0. The number of hydrogen-bond donors (Lipinski definition) is 2. The number of carbonyl (C=O) groups is 1. The highest BCUT2D eigenvalue weighted by Gasteiger charge is 2.28. The summed E-state index contributed by atoms with van der Waals surface area (Å²) in [5, 5.41) is 8.87. The molecule has 0 spiro atoms. The first-order valence-electron chi connectivity index (χ1n) is 5.70. The molecule has 2 unspecified atom stereocenters. The lowest BCUT2D eigenvalue weighted by atomic mass is 10.00. The first kappa shape index (κ1) is 12.5. The van der Waals surface area contributed by atoms with Crippen LogP contribution in [0.5, 0.6) is 0 Å². The minimum absolute atomic E-state index is 0.163. The Labute approximate surface area is 91.4 Å². The normalized spacial score (nSPS) is 24.7. The molecular weight excluding hydrogens is 192 g/mol. The van der Waals surface area contributed by atoms with Crippen molar-refractivity contribution in [3.8, 4) is 0 Å². The lowest BCUT2D eigenvalue weighted by Gasteiger charge is -2.27. The Morgan fingerprint density at radius 3 is 2.67 bits per heavy atom. The van der Waals surface area contributed by atoms with Crippen molar-refractivity contribution in [2.45, 2.75) is 45.2 Å². The molecule has 2 atom stereocenters. The van der Waals surface area contributed by atoms with Crippen LogP contribution in [-0.2, 0) is 4.79 Å². The second kappa shape index (κ2) is 5.47. The molecule has 0 saturated carbocycles. The van der Waals surface area contributed by atoms with Crippen LogP contribution in [0.3, 0.4) is 0 Å². The lowest BCUT2D eigenvalue weighted by molar-refractivity contribution is -0.138. The molecule has 1 fully saturated rings. The summed E-state index contributed by atoms with van der Waals surface area (Å²) in [6.07, 6.45) is 2.18. The molecule has 15 heavy (non-hydrogen) atoms. The maximum atomic E-state index is 10.8. The first-order chi connectivity index (χ1) is 6.99. The zero-order chi connectivity index (χ0) is 11.4. The largest absolute Gasteiger partial charge is 0.481 e. The van der Waals surface area contributed by atoms with Gasteiger partial charge in [0.05, 0.1) is 6.42 Å². The van der Waals surface area contributed by atoms with Gasteiger partial charge in [-0.15, -0.1) is 0 Å². The third kappa shape index (κ3) is 4.18. The van der Waals surface area contributed by atoms with E-state index in [0.29, 0.717) is 5.92 Å². The molecule has 0 radical (unpaired) electrons. The average Bonchev–Trinajstić information content (AvgIpc) is 2.48. The predicted octanol–water partition coefficient (Wildman–Crippen LogP) is 0.909. The van der Waals surface area contributed by atoms with Gasteiger partial charge in [0.2, 0.25) is 0 Å². The van der Waals surface area contributed by atoms with Crippen LogP contribution >= 0.6 is 0 Å². The molecule has 4 heteroatoms. The Balaban J connectivity index is 2.51. The van der Waals surface area contributed by atoms with Crippen molar-refractivity contribution in [3.05, 3.63) is 0 Å². The predicted molar refractivity (Wildman–Crippen MR) is 59.7 cm³/mol. The van der Waals surface area contributed by atoms with Crippen LogP contribution in [-0.4, -0.2) is 41.1 Å². The number of rotatable bonds is 5. The van der Waals surface area contributed by atoms with E-state index in [2.05, 4.69) is 18.7 Å². The summed E-state index contributed by atoms with van der Waals surface area (Å²) in [4.78, 5) is 13.0. The van der Waals surface area contributed by atoms with E-state index in [-0.39, 0.29) is 18.5 Å². The smallest absolute Gasteiger partial charge is 0.304 e. The topological polar surface area (TPSA) is 66.6 Å². The number of carboxylic acids is 1. The second-order valence-electron chi connectivity index (χ2n) is 4.92. The summed E-state index contributed by atoms with van der Waals surface area (Å²) in [5.74, 6) is -0.174. The fourth-order valence-corrected chi connectivity index (χ4v) is 2.25. The van der Waals surface area contributed by atoms with Crippen LogP contribution < -0.4 is 5.73 Å². The quantitative estimate of drug-likeness (QED) is 0.714. The van der Waals surface area contributed by atoms with Crippen LogP contribution in [0.1, 0.15) is 33.1 Å². The van der Waals surface area contributed by atoms with E-state index < -0.39 is 5.97 Å². The van der Waals surface area contributed by atoms with Crippen molar-refractivity contribution in [1.82, 2.24) is 4.90 Å². The minimum atomic E-state index is -0.707. The number of nitrogens with two attached hydrogens (primary N) is 1. The van der Waals surface area contributed by atoms with E-state index in [1.54, 1.807) is 0 Å². The Kier molecular flexibility index (Phi) is 4.54. The molecule has 1 saturated heterocycles. The molecule has 1 aliphatic rings. The van der Waals surface area contributed by atoms with Crippen molar-refractivity contribution < 1.29 is 9.90 Å². The zero-order valence-electron chi connectivity index (χ0n) is 9.65. The third-order valence-electron chi connectivity index (χ3n) is 2.93. The number of likely N-dealkylation sites (tertiary alicyclic amines) is 1. The molecule has 4 nitrogen and oxygen atoms in total. The van der Waals surface area contributed by atoms with Gasteiger partial charge >= 0.3 is 5.97 Å². The number of hydrogen-bond acceptors (Lipinski definition) is 3. The highest BCUT2D eigenvalue weighted by molar-refractivity contribution is 5.67. The molecule has 3 N–H and O–H groups in total. The number of aliphatic carboxylic acids is 1. The van der Waals surface area contributed by atoms with Crippen molar-refractivity contribution in [2.24, 2.45) is 11.7 Å². The van der Waals surface area contributed by atoms with Crippen LogP contribution in [0.4, 0.5) is 0 Å². The highest BCUT2D eigenvalue weighted by atomic mass is 16.4. The molecule has 1 aliphatic heterocycles. The average molecular weight is 214 g/mol. The summed E-state index contributed by atoms with van der Waals surface area (Å²) in [5.41, 5.74) is 5.84. The highest BCUT2D eigenvalue weighted by Crippen LogP contribution is 2.19. The van der Waals surface area contributed by atoms with Gasteiger partial charge in [-0.1, -0.05) is 13.8 Å². The van der Waals surface area contributed by atoms with Crippen molar-refractivity contribution in [2.75, 3.05) is 13.1 Å². The zero-order valence-corrected chi connectivity index (χ0v) is 9.65. The lowest BCUT2D eigenvalue weighted by Crippen LogP contribution is -2.38. The fraction of sp³-hybridized carbons (Fsp3) is 0.909. The van der Waals surface area contributed by atoms with Crippen molar-refractivity contribution in [3.63, 3.8) is 0 Å². The summed E-state index contributed by atoms with van der Waals surface area (Å²) >= 11 is 0. The molecule has 0 aromatic heterocycles. The van der Waals surface area contributed by atoms with E-state index >= 15 is 0 Å². The molecule has 0 aromatic carbocycles. The maximum absolute atomic E-state index is 10.8. The second-order valence-corrected chi connectivity index (χ2v) is 4.92. The van der Waals surface area contributed by atoms with Gasteiger partial charge in [-0.25, -0.2) is 0 Å². The summed E-state index contributed by atoms with van der Waals surface area (Å²) in [7, 11) is 0.